The van der Waals surface area contributed by atoms with Crippen molar-refractivity contribution in [3.8, 4) is 17.2 Å². The van der Waals surface area contributed by atoms with E-state index in [4.69, 9.17) is 14.2 Å². The van der Waals surface area contributed by atoms with Crippen LogP contribution in [-0.2, 0) is 0 Å². The van der Waals surface area contributed by atoms with Crippen LogP contribution in [0.5, 0.6) is 17.2 Å². The maximum atomic E-state index is 13.0. The topological polar surface area (TPSA) is 69.2 Å². The molecule has 6 nitrogen and oxygen atoms in total. The summed E-state index contributed by atoms with van der Waals surface area (Å²) in [6.07, 6.45) is 1.70. The quantitative estimate of drug-likeness (QED) is 0.192. The minimum Gasteiger partial charge on any atom is -0.490 e. The van der Waals surface area contributed by atoms with Crippen LogP contribution in [0.25, 0.3) is 21.5 Å². The fourth-order valence-corrected chi connectivity index (χ4v) is 3.93. The van der Waals surface area contributed by atoms with Crippen molar-refractivity contribution in [2.24, 2.45) is 5.10 Å². The second-order valence-electron chi connectivity index (χ2n) is 7.53. The number of hydrazone groups is 1. The van der Waals surface area contributed by atoms with Crippen molar-refractivity contribution in [2.45, 2.75) is 20.8 Å². The van der Waals surface area contributed by atoms with E-state index in [9.17, 15) is 4.79 Å². The monoisotopic (exact) mass is 456 g/mol. The van der Waals surface area contributed by atoms with E-state index in [2.05, 4.69) is 40.9 Å². The molecular formula is C28H28N2O4. The van der Waals surface area contributed by atoms with Gasteiger partial charge in [0.15, 0.2) is 11.5 Å². The Balaban J connectivity index is 1.66. The van der Waals surface area contributed by atoms with Gasteiger partial charge in [-0.2, -0.15) is 5.10 Å². The second-order valence-corrected chi connectivity index (χ2v) is 7.53. The minimum absolute atomic E-state index is 0.370. The Morgan fingerprint density at radius 2 is 1.32 bits per heavy atom. The number of nitrogens with zero attached hydrogens (tertiary/aromatic N) is 1. The van der Waals surface area contributed by atoms with Crippen LogP contribution >= 0.6 is 0 Å². The van der Waals surface area contributed by atoms with Crippen LogP contribution in [0.1, 0.15) is 36.7 Å². The van der Waals surface area contributed by atoms with Crippen molar-refractivity contribution in [2.75, 3.05) is 19.8 Å². The minimum atomic E-state index is -0.370. The van der Waals surface area contributed by atoms with Gasteiger partial charge in [0.05, 0.1) is 26.0 Å². The molecule has 0 aliphatic rings. The first-order valence-electron chi connectivity index (χ1n) is 11.5. The summed E-state index contributed by atoms with van der Waals surface area (Å²) in [6, 6.07) is 21.7. The maximum absolute atomic E-state index is 13.0. The largest absolute Gasteiger partial charge is 0.490 e. The van der Waals surface area contributed by atoms with Crippen LogP contribution in [-0.4, -0.2) is 31.9 Å². The van der Waals surface area contributed by atoms with Crippen molar-refractivity contribution < 1.29 is 19.0 Å². The van der Waals surface area contributed by atoms with E-state index in [0.717, 1.165) is 27.1 Å². The molecule has 0 aliphatic carbocycles. The predicted octanol–water partition coefficient (Wildman–Crippen LogP) is 5.95. The SMILES string of the molecule is CCOc1cc(C(=O)NN=Cc2c3ccccc3cc3ccccc23)cc(OCC)c1OCC. The van der Waals surface area contributed by atoms with Gasteiger partial charge in [0.1, 0.15) is 0 Å². The molecule has 0 atom stereocenters. The van der Waals surface area contributed by atoms with Crippen LogP contribution in [0.15, 0.2) is 71.8 Å². The maximum Gasteiger partial charge on any atom is 0.271 e. The number of benzene rings is 4. The molecule has 174 valence electrons. The number of carbonyl (C=O) groups excluding carboxylic acids is 1. The molecule has 4 aromatic carbocycles. The molecule has 0 aliphatic heterocycles. The fourth-order valence-electron chi connectivity index (χ4n) is 3.93. The molecule has 4 rings (SSSR count). The summed E-state index contributed by atoms with van der Waals surface area (Å²) >= 11 is 0. The summed E-state index contributed by atoms with van der Waals surface area (Å²) in [6.45, 7) is 6.96. The highest BCUT2D eigenvalue weighted by atomic mass is 16.5. The Labute approximate surface area is 199 Å². The molecular weight excluding hydrogens is 428 g/mol. The lowest BCUT2D eigenvalue weighted by molar-refractivity contribution is 0.0954. The van der Waals surface area contributed by atoms with Gasteiger partial charge in [0, 0.05) is 11.1 Å². The Morgan fingerprint density at radius 1 is 0.794 bits per heavy atom. The van der Waals surface area contributed by atoms with E-state index >= 15 is 0 Å². The Morgan fingerprint density at radius 3 is 1.85 bits per heavy atom. The van der Waals surface area contributed by atoms with Crippen LogP contribution < -0.4 is 19.6 Å². The lowest BCUT2D eigenvalue weighted by Gasteiger charge is -2.16. The molecule has 0 saturated heterocycles. The van der Waals surface area contributed by atoms with E-state index in [1.54, 1.807) is 18.3 Å². The zero-order chi connectivity index (χ0) is 23.9. The Kier molecular flexibility index (Phi) is 7.28. The average Bonchev–Trinajstić information content (AvgIpc) is 2.85. The molecule has 0 spiro atoms. The van der Waals surface area contributed by atoms with Gasteiger partial charge in [-0.25, -0.2) is 5.43 Å². The number of rotatable bonds is 9. The van der Waals surface area contributed by atoms with Crippen LogP contribution in [0, 0.1) is 0 Å². The molecule has 0 saturated carbocycles. The third kappa shape index (κ3) is 4.81. The van der Waals surface area contributed by atoms with Crippen molar-refractivity contribution >= 4 is 33.7 Å². The summed E-state index contributed by atoms with van der Waals surface area (Å²) < 4.78 is 17.1. The summed E-state index contributed by atoms with van der Waals surface area (Å²) in [7, 11) is 0. The first-order valence-corrected chi connectivity index (χ1v) is 11.5. The van der Waals surface area contributed by atoms with Crippen LogP contribution in [0.3, 0.4) is 0 Å². The van der Waals surface area contributed by atoms with Crippen molar-refractivity contribution in [1.29, 1.82) is 0 Å². The highest BCUT2D eigenvalue weighted by Crippen LogP contribution is 2.39. The molecule has 34 heavy (non-hydrogen) atoms. The summed E-state index contributed by atoms with van der Waals surface area (Å²) in [5.74, 6) is 1.05. The number of amides is 1. The third-order valence-corrected chi connectivity index (χ3v) is 5.34. The van der Waals surface area contributed by atoms with Crippen LogP contribution in [0.4, 0.5) is 0 Å². The van der Waals surface area contributed by atoms with Gasteiger partial charge in [-0.05, 0) is 60.5 Å². The first-order chi connectivity index (χ1) is 16.7. The lowest BCUT2D eigenvalue weighted by atomic mass is 9.97. The van der Waals surface area contributed by atoms with Crippen molar-refractivity contribution in [3.05, 3.63) is 77.9 Å². The third-order valence-electron chi connectivity index (χ3n) is 5.34. The van der Waals surface area contributed by atoms with E-state index < -0.39 is 0 Å². The number of nitrogens with one attached hydrogen (secondary N) is 1. The molecule has 0 heterocycles. The highest BCUT2D eigenvalue weighted by Gasteiger charge is 2.18. The van der Waals surface area contributed by atoms with Gasteiger partial charge in [0.2, 0.25) is 5.75 Å². The first kappa shape index (κ1) is 23.1. The highest BCUT2D eigenvalue weighted by molar-refractivity contribution is 6.13. The molecule has 0 radical (unpaired) electrons. The molecule has 0 unspecified atom stereocenters. The van der Waals surface area contributed by atoms with Gasteiger partial charge < -0.3 is 14.2 Å². The zero-order valence-electron chi connectivity index (χ0n) is 19.6. The number of carbonyl (C=O) groups is 1. The van der Waals surface area contributed by atoms with E-state index in [1.165, 1.54) is 0 Å². The van der Waals surface area contributed by atoms with E-state index in [1.807, 2.05) is 45.0 Å². The average molecular weight is 457 g/mol. The zero-order valence-corrected chi connectivity index (χ0v) is 19.6. The number of hydrogen-bond donors (Lipinski definition) is 1. The molecule has 1 amide bonds. The smallest absolute Gasteiger partial charge is 0.271 e. The normalized spacial score (nSPS) is 11.1. The molecule has 0 aromatic heterocycles. The van der Waals surface area contributed by atoms with E-state index in [-0.39, 0.29) is 5.91 Å². The van der Waals surface area contributed by atoms with Gasteiger partial charge in [0.25, 0.3) is 5.91 Å². The number of hydrogen-bond acceptors (Lipinski definition) is 5. The van der Waals surface area contributed by atoms with Gasteiger partial charge >= 0.3 is 0 Å². The molecule has 0 fully saturated rings. The van der Waals surface area contributed by atoms with Crippen molar-refractivity contribution in [3.63, 3.8) is 0 Å². The van der Waals surface area contributed by atoms with E-state index in [0.29, 0.717) is 42.6 Å². The predicted molar refractivity (Wildman–Crippen MR) is 136 cm³/mol. The van der Waals surface area contributed by atoms with Crippen molar-refractivity contribution in [1.82, 2.24) is 5.43 Å². The molecule has 4 aromatic rings. The number of ether oxygens (including phenoxy) is 3. The Hall–Kier alpha value is -4.06. The summed E-state index contributed by atoms with van der Waals surface area (Å²) in [5.41, 5.74) is 3.97. The number of fused-ring (bicyclic) bond motifs is 2. The fraction of sp³-hybridized carbons (Fsp3) is 0.214. The standard InChI is InChI=1S/C28H28N2O4/c1-4-32-25-16-21(17-26(33-5-2)27(25)34-6-3)28(31)30-29-18-24-22-13-9-7-11-19(22)15-20-12-8-10-14-23(20)24/h7-18H,4-6H2,1-3H3,(H,30,31). The van der Waals surface area contributed by atoms with Gasteiger partial charge in [-0.1, -0.05) is 48.5 Å². The van der Waals surface area contributed by atoms with Crippen LogP contribution in [0.2, 0.25) is 0 Å². The van der Waals surface area contributed by atoms with Gasteiger partial charge in [-0.15, -0.1) is 0 Å². The molecule has 0 bridgehead atoms. The van der Waals surface area contributed by atoms with Gasteiger partial charge in [-0.3, -0.25) is 4.79 Å². The molecule has 1 N–H and O–H groups in total. The second kappa shape index (κ2) is 10.7. The Bertz CT molecular complexity index is 1270. The summed E-state index contributed by atoms with van der Waals surface area (Å²) in [4.78, 5) is 13.0. The molecule has 6 heteroatoms. The summed E-state index contributed by atoms with van der Waals surface area (Å²) in [5, 5.41) is 8.65. The lowest BCUT2D eigenvalue weighted by Crippen LogP contribution is -2.18.